The molecular formula is C15H24N2O2S. The monoisotopic (exact) mass is 296 g/mol. The summed E-state index contributed by atoms with van der Waals surface area (Å²) < 4.78 is 26.5. The molecule has 4 nitrogen and oxygen atoms in total. The molecule has 2 rings (SSSR count). The maximum atomic E-state index is 12.0. The van der Waals surface area contributed by atoms with Crippen LogP contribution in [0.1, 0.15) is 44.9 Å². The van der Waals surface area contributed by atoms with Crippen LogP contribution in [0.15, 0.2) is 29.2 Å². The van der Waals surface area contributed by atoms with Gasteiger partial charge in [-0.05, 0) is 32.0 Å². The Morgan fingerprint density at radius 2 is 1.60 bits per heavy atom. The van der Waals surface area contributed by atoms with Crippen molar-refractivity contribution in [2.75, 3.05) is 12.4 Å². The second-order valence-electron chi connectivity index (χ2n) is 5.39. The van der Waals surface area contributed by atoms with Crippen molar-refractivity contribution < 1.29 is 8.42 Å². The van der Waals surface area contributed by atoms with Crippen LogP contribution in [0.3, 0.4) is 0 Å². The zero-order chi connectivity index (χ0) is 14.4. The van der Waals surface area contributed by atoms with Crippen molar-refractivity contribution in [1.29, 1.82) is 0 Å². The van der Waals surface area contributed by atoms with E-state index in [2.05, 4.69) is 10.0 Å². The average Bonchev–Trinajstić information content (AvgIpc) is 2.42. The molecule has 0 saturated heterocycles. The van der Waals surface area contributed by atoms with Crippen LogP contribution in [-0.4, -0.2) is 21.5 Å². The van der Waals surface area contributed by atoms with Gasteiger partial charge in [-0.1, -0.05) is 44.2 Å². The first kappa shape index (κ1) is 15.3. The quantitative estimate of drug-likeness (QED) is 0.897. The Morgan fingerprint density at radius 1 is 1.00 bits per heavy atom. The van der Waals surface area contributed by atoms with Crippen LogP contribution in [0, 0.1) is 0 Å². The fourth-order valence-corrected chi connectivity index (χ4v) is 3.64. The summed E-state index contributed by atoms with van der Waals surface area (Å²) in [5, 5.41) is 3.44. The smallest absolute Gasteiger partial charge is 0.242 e. The molecule has 5 heteroatoms. The predicted molar refractivity (Wildman–Crippen MR) is 82.4 cm³/mol. The van der Waals surface area contributed by atoms with E-state index in [1.165, 1.54) is 39.2 Å². The predicted octanol–water partition coefficient (Wildman–Crippen LogP) is 3.12. The largest absolute Gasteiger partial charge is 0.381 e. The molecule has 1 aromatic rings. The first-order chi connectivity index (χ1) is 9.63. The molecule has 0 atom stereocenters. The standard InChI is InChI=1S/C15H24N2O2S/c1-16-20(18,19)15-12-8-7-11-14(15)17-13-9-5-3-2-4-6-10-13/h7-8,11-13,16-17H,2-6,9-10H2,1H3. The minimum atomic E-state index is -3.41. The molecule has 0 unspecified atom stereocenters. The van der Waals surface area contributed by atoms with Crippen LogP contribution >= 0.6 is 0 Å². The van der Waals surface area contributed by atoms with Gasteiger partial charge in [0, 0.05) is 6.04 Å². The fraction of sp³-hybridized carbons (Fsp3) is 0.600. The van der Waals surface area contributed by atoms with E-state index in [1.807, 2.05) is 12.1 Å². The van der Waals surface area contributed by atoms with E-state index < -0.39 is 10.0 Å². The highest BCUT2D eigenvalue weighted by Crippen LogP contribution is 2.25. The van der Waals surface area contributed by atoms with E-state index in [-0.39, 0.29) is 0 Å². The van der Waals surface area contributed by atoms with Gasteiger partial charge in [-0.25, -0.2) is 13.1 Å². The van der Waals surface area contributed by atoms with Gasteiger partial charge in [0.25, 0.3) is 0 Å². The van der Waals surface area contributed by atoms with Gasteiger partial charge >= 0.3 is 0 Å². The van der Waals surface area contributed by atoms with Crippen LogP contribution in [0.2, 0.25) is 0 Å². The molecule has 1 aliphatic carbocycles. The molecule has 0 amide bonds. The number of nitrogens with one attached hydrogen (secondary N) is 2. The molecule has 1 aromatic carbocycles. The third-order valence-corrected chi connectivity index (χ3v) is 5.38. The van der Waals surface area contributed by atoms with Gasteiger partial charge in [-0.3, -0.25) is 0 Å². The van der Waals surface area contributed by atoms with Gasteiger partial charge in [0.15, 0.2) is 0 Å². The first-order valence-corrected chi connectivity index (χ1v) is 8.91. The third kappa shape index (κ3) is 3.96. The van der Waals surface area contributed by atoms with Gasteiger partial charge in [-0.15, -0.1) is 0 Å². The van der Waals surface area contributed by atoms with E-state index in [1.54, 1.807) is 12.1 Å². The second kappa shape index (κ2) is 7.09. The SMILES string of the molecule is CNS(=O)(=O)c1ccccc1NC1CCCCCCC1. The summed E-state index contributed by atoms with van der Waals surface area (Å²) in [6, 6.07) is 7.51. The molecule has 0 heterocycles. The minimum Gasteiger partial charge on any atom is -0.381 e. The van der Waals surface area contributed by atoms with Crippen LogP contribution in [0.5, 0.6) is 0 Å². The van der Waals surface area contributed by atoms with Gasteiger partial charge in [-0.2, -0.15) is 0 Å². The number of anilines is 1. The summed E-state index contributed by atoms with van der Waals surface area (Å²) in [5.41, 5.74) is 0.715. The van der Waals surface area contributed by atoms with Crippen molar-refractivity contribution in [3.8, 4) is 0 Å². The molecule has 2 N–H and O–H groups in total. The molecule has 0 radical (unpaired) electrons. The molecule has 20 heavy (non-hydrogen) atoms. The number of benzene rings is 1. The van der Waals surface area contributed by atoms with Crippen molar-refractivity contribution >= 4 is 15.7 Å². The van der Waals surface area contributed by atoms with Crippen molar-refractivity contribution in [3.63, 3.8) is 0 Å². The van der Waals surface area contributed by atoms with Gasteiger partial charge < -0.3 is 5.32 Å². The van der Waals surface area contributed by atoms with E-state index in [0.29, 0.717) is 16.6 Å². The third-order valence-electron chi connectivity index (χ3n) is 3.91. The van der Waals surface area contributed by atoms with Gasteiger partial charge in [0.05, 0.1) is 5.69 Å². The van der Waals surface area contributed by atoms with Gasteiger partial charge in [0.2, 0.25) is 10.0 Å². The lowest BCUT2D eigenvalue weighted by molar-refractivity contribution is 0.471. The van der Waals surface area contributed by atoms with Crippen molar-refractivity contribution in [3.05, 3.63) is 24.3 Å². The molecule has 1 fully saturated rings. The highest BCUT2D eigenvalue weighted by Gasteiger charge is 2.18. The first-order valence-electron chi connectivity index (χ1n) is 7.42. The molecular weight excluding hydrogens is 272 g/mol. The Bertz CT molecular complexity index is 520. The Balaban J connectivity index is 2.16. The van der Waals surface area contributed by atoms with Crippen molar-refractivity contribution in [2.45, 2.75) is 55.9 Å². The van der Waals surface area contributed by atoms with Crippen LogP contribution in [-0.2, 0) is 10.0 Å². The normalized spacial score (nSPS) is 18.2. The van der Waals surface area contributed by atoms with E-state index in [0.717, 1.165) is 12.8 Å². The topological polar surface area (TPSA) is 58.2 Å². The Labute approximate surface area is 122 Å². The number of hydrogen-bond donors (Lipinski definition) is 2. The average molecular weight is 296 g/mol. The number of para-hydroxylation sites is 1. The van der Waals surface area contributed by atoms with Gasteiger partial charge in [0.1, 0.15) is 4.90 Å². The van der Waals surface area contributed by atoms with E-state index in [9.17, 15) is 8.42 Å². The summed E-state index contributed by atoms with van der Waals surface area (Å²) >= 11 is 0. The fourth-order valence-electron chi connectivity index (χ4n) is 2.75. The minimum absolute atomic E-state index is 0.338. The molecule has 0 bridgehead atoms. The summed E-state index contributed by atoms with van der Waals surface area (Å²) in [6.45, 7) is 0. The highest BCUT2D eigenvalue weighted by molar-refractivity contribution is 7.89. The summed E-state index contributed by atoms with van der Waals surface area (Å²) in [4.78, 5) is 0.338. The van der Waals surface area contributed by atoms with Crippen LogP contribution in [0.4, 0.5) is 5.69 Å². The lowest BCUT2D eigenvalue weighted by Crippen LogP contribution is -2.24. The molecule has 0 aromatic heterocycles. The summed E-state index contributed by atoms with van der Waals surface area (Å²) in [7, 11) is -1.96. The zero-order valence-electron chi connectivity index (χ0n) is 12.1. The summed E-state index contributed by atoms with van der Waals surface area (Å²) in [6.07, 6.45) is 8.58. The summed E-state index contributed by atoms with van der Waals surface area (Å²) in [5.74, 6) is 0. The Hall–Kier alpha value is -1.07. The second-order valence-corrected chi connectivity index (χ2v) is 7.25. The van der Waals surface area contributed by atoms with E-state index in [4.69, 9.17) is 0 Å². The van der Waals surface area contributed by atoms with Crippen molar-refractivity contribution in [1.82, 2.24) is 4.72 Å². The number of hydrogen-bond acceptors (Lipinski definition) is 3. The maximum Gasteiger partial charge on any atom is 0.242 e. The van der Waals surface area contributed by atoms with E-state index >= 15 is 0 Å². The van der Waals surface area contributed by atoms with Crippen LogP contribution < -0.4 is 10.0 Å². The molecule has 0 aliphatic heterocycles. The van der Waals surface area contributed by atoms with Crippen LogP contribution in [0.25, 0.3) is 0 Å². The molecule has 1 saturated carbocycles. The number of rotatable bonds is 4. The maximum absolute atomic E-state index is 12.0. The lowest BCUT2D eigenvalue weighted by Gasteiger charge is -2.23. The Kier molecular flexibility index (Phi) is 5.43. The highest BCUT2D eigenvalue weighted by atomic mass is 32.2. The zero-order valence-corrected chi connectivity index (χ0v) is 12.9. The molecule has 112 valence electrons. The Morgan fingerprint density at radius 3 is 2.25 bits per heavy atom. The lowest BCUT2D eigenvalue weighted by atomic mass is 9.96. The van der Waals surface area contributed by atoms with Crippen molar-refractivity contribution in [2.24, 2.45) is 0 Å². The molecule has 0 spiro atoms. The molecule has 1 aliphatic rings. The number of sulfonamides is 1.